The van der Waals surface area contributed by atoms with Gasteiger partial charge in [-0.2, -0.15) is 0 Å². The van der Waals surface area contributed by atoms with Crippen molar-refractivity contribution in [2.75, 3.05) is 32.1 Å². The first-order valence-corrected chi connectivity index (χ1v) is 5.41. The molecule has 0 aliphatic rings. The van der Waals surface area contributed by atoms with Crippen LogP contribution in [0.15, 0.2) is 18.2 Å². The van der Waals surface area contributed by atoms with E-state index in [2.05, 4.69) is 5.32 Å². The first-order chi connectivity index (χ1) is 8.10. The minimum Gasteiger partial charge on any atom is -0.494 e. The lowest BCUT2D eigenvalue weighted by Gasteiger charge is -2.18. The van der Waals surface area contributed by atoms with Crippen molar-refractivity contribution in [3.63, 3.8) is 0 Å². The average Bonchev–Trinajstić information content (AvgIpc) is 2.34. The lowest BCUT2D eigenvalue weighted by Crippen LogP contribution is -2.35. The fourth-order valence-corrected chi connectivity index (χ4v) is 1.36. The maximum Gasteiger partial charge on any atom is 0.240 e. The smallest absolute Gasteiger partial charge is 0.240 e. The van der Waals surface area contributed by atoms with Gasteiger partial charge in [0.05, 0.1) is 13.7 Å². The van der Waals surface area contributed by atoms with Gasteiger partial charge in [0.1, 0.15) is 0 Å². The summed E-state index contributed by atoms with van der Waals surface area (Å²) in [5, 5.41) is 2.93. The van der Waals surface area contributed by atoms with E-state index in [0.717, 1.165) is 6.54 Å². The largest absolute Gasteiger partial charge is 0.494 e. The number of hydrogen-bond acceptors (Lipinski definition) is 3. The van der Waals surface area contributed by atoms with Gasteiger partial charge in [-0.05, 0) is 18.7 Å². The van der Waals surface area contributed by atoms with Gasteiger partial charge in [0, 0.05) is 18.8 Å². The second-order valence-electron chi connectivity index (χ2n) is 3.55. The molecule has 94 valence electrons. The second-order valence-corrected chi connectivity index (χ2v) is 3.55. The molecule has 0 spiro atoms. The highest BCUT2D eigenvalue weighted by atomic mass is 19.1. The van der Waals surface area contributed by atoms with Crippen molar-refractivity contribution in [2.45, 2.75) is 6.92 Å². The Morgan fingerprint density at radius 3 is 2.76 bits per heavy atom. The predicted octanol–water partition coefficient (Wildman–Crippen LogP) is 1.41. The molecule has 0 saturated heterocycles. The molecule has 0 aliphatic heterocycles. The lowest BCUT2D eigenvalue weighted by atomic mass is 10.2. The van der Waals surface area contributed by atoms with E-state index in [0.29, 0.717) is 5.69 Å². The third-order valence-corrected chi connectivity index (χ3v) is 2.42. The van der Waals surface area contributed by atoms with Gasteiger partial charge in [-0.1, -0.05) is 6.92 Å². The van der Waals surface area contributed by atoms with Gasteiger partial charge >= 0.3 is 0 Å². The summed E-state index contributed by atoms with van der Waals surface area (Å²) in [6.45, 7) is 2.87. The molecule has 1 rings (SSSR count). The highest BCUT2D eigenvalue weighted by molar-refractivity contribution is 5.94. The number of methoxy groups -OCH3 is 1. The summed E-state index contributed by atoms with van der Waals surface area (Å²) >= 11 is 0. The van der Waals surface area contributed by atoms with E-state index in [1.165, 1.54) is 24.1 Å². The van der Waals surface area contributed by atoms with E-state index in [-0.39, 0.29) is 18.2 Å². The number of benzene rings is 1. The SMILES string of the molecule is CCNCC(=O)N(C)c1ccc(OC)c(F)c1. The zero-order valence-corrected chi connectivity index (χ0v) is 10.3. The van der Waals surface area contributed by atoms with Crippen molar-refractivity contribution in [2.24, 2.45) is 0 Å². The average molecular weight is 240 g/mol. The second kappa shape index (κ2) is 6.20. The Balaban J connectivity index is 2.78. The van der Waals surface area contributed by atoms with Crippen LogP contribution in [0.4, 0.5) is 10.1 Å². The first kappa shape index (κ1) is 13.4. The minimum atomic E-state index is -0.479. The van der Waals surface area contributed by atoms with Crippen LogP contribution < -0.4 is 15.0 Å². The Labute approximate surface area is 100 Å². The molecule has 0 aromatic heterocycles. The molecule has 0 radical (unpaired) electrons. The molecule has 0 aliphatic carbocycles. The van der Waals surface area contributed by atoms with Crippen molar-refractivity contribution in [1.82, 2.24) is 5.32 Å². The van der Waals surface area contributed by atoms with Gasteiger partial charge in [0.15, 0.2) is 11.6 Å². The van der Waals surface area contributed by atoms with Gasteiger partial charge in [-0.3, -0.25) is 4.79 Å². The summed E-state index contributed by atoms with van der Waals surface area (Å²) in [6, 6.07) is 4.43. The number of nitrogens with zero attached hydrogens (tertiary/aromatic N) is 1. The van der Waals surface area contributed by atoms with Crippen LogP contribution in [-0.2, 0) is 4.79 Å². The fourth-order valence-electron chi connectivity index (χ4n) is 1.36. The van der Waals surface area contributed by atoms with E-state index >= 15 is 0 Å². The van der Waals surface area contributed by atoms with Crippen LogP contribution >= 0.6 is 0 Å². The van der Waals surface area contributed by atoms with Crippen LogP contribution in [0.2, 0.25) is 0 Å². The first-order valence-electron chi connectivity index (χ1n) is 5.41. The van der Waals surface area contributed by atoms with Crippen molar-refractivity contribution in [3.8, 4) is 5.75 Å². The van der Waals surface area contributed by atoms with Crippen molar-refractivity contribution in [1.29, 1.82) is 0 Å². The standard InChI is InChI=1S/C12H17FN2O2/c1-4-14-8-12(16)15(2)9-5-6-11(17-3)10(13)7-9/h5-7,14H,4,8H2,1-3H3. The fraction of sp³-hybridized carbons (Fsp3) is 0.417. The van der Waals surface area contributed by atoms with Crippen LogP contribution in [0.25, 0.3) is 0 Å². The molecule has 1 amide bonds. The van der Waals surface area contributed by atoms with Crippen LogP contribution in [0.5, 0.6) is 5.75 Å². The number of carbonyl (C=O) groups excluding carboxylic acids is 1. The summed E-state index contributed by atoms with van der Waals surface area (Å²) in [5.41, 5.74) is 0.506. The number of hydrogen-bond donors (Lipinski definition) is 1. The van der Waals surface area contributed by atoms with Gasteiger partial charge in [0.25, 0.3) is 0 Å². The van der Waals surface area contributed by atoms with E-state index in [1.807, 2.05) is 6.92 Å². The summed E-state index contributed by atoms with van der Waals surface area (Å²) in [6.07, 6.45) is 0. The Bertz CT molecular complexity index is 396. The molecule has 1 aromatic carbocycles. The molecule has 1 aromatic rings. The molecule has 0 heterocycles. The Morgan fingerprint density at radius 1 is 1.53 bits per heavy atom. The Hall–Kier alpha value is -1.62. The van der Waals surface area contributed by atoms with Crippen molar-refractivity contribution >= 4 is 11.6 Å². The molecule has 0 atom stereocenters. The minimum absolute atomic E-state index is 0.114. The van der Waals surface area contributed by atoms with E-state index in [1.54, 1.807) is 13.1 Å². The lowest BCUT2D eigenvalue weighted by molar-refractivity contribution is -0.117. The van der Waals surface area contributed by atoms with Crippen LogP contribution in [-0.4, -0.2) is 33.2 Å². The number of ether oxygens (including phenoxy) is 1. The van der Waals surface area contributed by atoms with Crippen LogP contribution in [0.1, 0.15) is 6.92 Å². The highest BCUT2D eigenvalue weighted by Crippen LogP contribution is 2.22. The number of halogens is 1. The van der Waals surface area contributed by atoms with Gasteiger partial charge in [0.2, 0.25) is 5.91 Å². The molecule has 1 N–H and O–H groups in total. The summed E-state index contributed by atoms with van der Waals surface area (Å²) in [7, 11) is 3.01. The third-order valence-electron chi connectivity index (χ3n) is 2.42. The molecule has 0 bridgehead atoms. The molecular weight excluding hydrogens is 223 g/mol. The maximum absolute atomic E-state index is 13.4. The zero-order chi connectivity index (χ0) is 12.8. The van der Waals surface area contributed by atoms with Crippen molar-refractivity contribution < 1.29 is 13.9 Å². The van der Waals surface area contributed by atoms with Gasteiger partial charge in [-0.15, -0.1) is 0 Å². The molecule has 4 nitrogen and oxygen atoms in total. The normalized spacial score (nSPS) is 10.1. The molecule has 5 heteroatoms. The molecule has 17 heavy (non-hydrogen) atoms. The Kier molecular flexibility index (Phi) is 4.90. The third kappa shape index (κ3) is 3.42. The molecule has 0 fully saturated rings. The number of likely N-dealkylation sites (N-methyl/N-ethyl adjacent to an activating group) is 2. The summed E-state index contributed by atoms with van der Waals surface area (Å²) in [5.74, 6) is -0.425. The van der Waals surface area contributed by atoms with Crippen LogP contribution in [0, 0.1) is 5.82 Å². The molecular formula is C12H17FN2O2. The Morgan fingerprint density at radius 2 is 2.24 bits per heavy atom. The van der Waals surface area contributed by atoms with E-state index in [9.17, 15) is 9.18 Å². The quantitative estimate of drug-likeness (QED) is 0.846. The number of carbonyl (C=O) groups is 1. The zero-order valence-electron chi connectivity index (χ0n) is 10.3. The summed E-state index contributed by atoms with van der Waals surface area (Å²) < 4.78 is 18.3. The van der Waals surface area contributed by atoms with Crippen molar-refractivity contribution in [3.05, 3.63) is 24.0 Å². The highest BCUT2D eigenvalue weighted by Gasteiger charge is 2.12. The topological polar surface area (TPSA) is 41.6 Å². The number of rotatable bonds is 5. The maximum atomic E-state index is 13.4. The number of anilines is 1. The molecule has 0 saturated carbocycles. The summed E-state index contributed by atoms with van der Waals surface area (Å²) in [4.78, 5) is 13.1. The van der Waals surface area contributed by atoms with Gasteiger partial charge < -0.3 is 15.0 Å². The monoisotopic (exact) mass is 240 g/mol. The van der Waals surface area contributed by atoms with E-state index in [4.69, 9.17) is 4.74 Å². The number of amides is 1. The molecule has 0 unspecified atom stereocenters. The van der Waals surface area contributed by atoms with E-state index < -0.39 is 5.82 Å². The van der Waals surface area contributed by atoms with Crippen LogP contribution in [0.3, 0.4) is 0 Å². The van der Waals surface area contributed by atoms with Gasteiger partial charge in [-0.25, -0.2) is 4.39 Å². The predicted molar refractivity (Wildman–Crippen MR) is 64.9 cm³/mol. The number of nitrogens with one attached hydrogen (secondary N) is 1.